The van der Waals surface area contributed by atoms with Crippen LogP contribution < -0.4 is 14.8 Å². The highest BCUT2D eigenvalue weighted by atomic mass is 19.1. The van der Waals surface area contributed by atoms with Crippen LogP contribution in [0.3, 0.4) is 0 Å². The van der Waals surface area contributed by atoms with Gasteiger partial charge in [-0.2, -0.15) is 0 Å². The predicted molar refractivity (Wildman–Crippen MR) is 79.0 cm³/mol. The fourth-order valence-corrected chi connectivity index (χ4v) is 2.08. The molecule has 112 valence electrons. The Morgan fingerprint density at radius 2 is 2.00 bits per heavy atom. The standard InChI is InChI=1S/C16H19FN2O2/c1-11(14-9-12(17)7-8-15(14)20-2)18-10-13-5-4-6-16(19-13)21-3/h4-9,11,18H,10H2,1-3H3. The van der Waals surface area contributed by atoms with Crippen LogP contribution in [0.1, 0.15) is 24.2 Å². The van der Waals surface area contributed by atoms with Gasteiger partial charge in [-0.1, -0.05) is 6.07 Å². The van der Waals surface area contributed by atoms with Gasteiger partial charge in [-0.15, -0.1) is 0 Å². The second-order valence-corrected chi connectivity index (χ2v) is 4.66. The maximum absolute atomic E-state index is 13.4. The third kappa shape index (κ3) is 3.92. The molecule has 2 aromatic rings. The molecule has 1 aromatic carbocycles. The first-order valence-electron chi connectivity index (χ1n) is 6.70. The van der Waals surface area contributed by atoms with E-state index in [1.165, 1.54) is 12.1 Å². The van der Waals surface area contributed by atoms with Crippen LogP contribution in [0, 0.1) is 5.82 Å². The molecular formula is C16H19FN2O2. The lowest BCUT2D eigenvalue weighted by Crippen LogP contribution is -2.19. The fraction of sp³-hybridized carbons (Fsp3) is 0.312. The van der Waals surface area contributed by atoms with Gasteiger partial charge in [-0.05, 0) is 31.2 Å². The second-order valence-electron chi connectivity index (χ2n) is 4.66. The number of hydrogen-bond donors (Lipinski definition) is 1. The highest BCUT2D eigenvalue weighted by Gasteiger charge is 2.12. The lowest BCUT2D eigenvalue weighted by molar-refractivity contribution is 0.393. The number of nitrogens with one attached hydrogen (secondary N) is 1. The van der Waals surface area contributed by atoms with E-state index in [2.05, 4.69) is 10.3 Å². The van der Waals surface area contributed by atoms with Crippen LogP contribution in [0.2, 0.25) is 0 Å². The van der Waals surface area contributed by atoms with Gasteiger partial charge in [-0.3, -0.25) is 0 Å². The van der Waals surface area contributed by atoms with Gasteiger partial charge in [0.05, 0.1) is 19.9 Å². The van der Waals surface area contributed by atoms with E-state index in [4.69, 9.17) is 9.47 Å². The van der Waals surface area contributed by atoms with E-state index in [0.717, 1.165) is 11.3 Å². The third-order valence-electron chi connectivity index (χ3n) is 3.24. The number of benzene rings is 1. The van der Waals surface area contributed by atoms with E-state index in [1.54, 1.807) is 26.4 Å². The average molecular weight is 290 g/mol. The predicted octanol–water partition coefficient (Wildman–Crippen LogP) is 3.09. The number of rotatable bonds is 6. The summed E-state index contributed by atoms with van der Waals surface area (Å²) in [6, 6.07) is 10.0. The molecule has 0 amide bonds. The Morgan fingerprint density at radius 1 is 1.19 bits per heavy atom. The molecule has 0 bridgehead atoms. The van der Waals surface area contributed by atoms with Crippen molar-refractivity contribution in [3.8, 4) is 11.6 Å². The van der Waals surface area contributed by atoms with Crippen molar-refractivity contribution < 1.29 is 13.9 Å². The van der Waals surface area contributed by atoms with E-state index >= 15 is 0 Å². The van der Waals surface area contributed by atoms with Crippen LogP contribution in [-0.4, -0.2) is 19.2 Å². The quantitative estimate of drug-likeness (QED) is 0.888. The van der Waals surface area contributed by atoms with E-state index in [-0.39, 0.29) is 11.9 Å². The molecule has 1 heterocycles. The van der Waals surface area contributed by atoms with Crippen LogP contribution in [0.4, 0.5) is 4.39 Å². The van der Waals surface area contributed by atoms with Crippen molar-refractivity contribution >= 4 is 0 Å². The minimum atomic E-state index is -0.279. The first-order valence-corrected chi connectivity index (χ1v) is 6.70. The summed E-state index contributed by atoms with van der Waals surface area (Å²) in [6.45, 7) is 2.51. The number of methoxy groups -OCH3 is 2. The van der Waals surface area contributed by atoms with Gasteiger partial charge < -0.3 is 14.8 Å². The molecule has 0 aliphatic rings. The van der Waals surface area contributed by atoms with E-state index < -0.39 is 0 Å². The summed E-state index contributed by atoms with van der Waals surface area (Å²) < 4.78 is 23.8. The zero-order chi connectivity index (χ0) is 15.2. The molecular weight excluding hydrogens is 271 g/mol. The number of aromatic nitrogens is 1. The molecule has 21 heavy (non-hydrogen) atoms. The van der Waals surface area contributed by atoms with Crippen molar-refractivity contribution in [1.29, 1.82) is 0 Å². The van der Waals surface area contributed by atoms with E-state index in [9.17, 15) is 4.39 Å². The number of halogens is 1. The van der Waals surface area contributed by atoms with Gasteiger partial charge in [0.25, 0.3) is 0 Å². The van der Waals surface area contributed by atoms with Gasteiger partial charge in [0.15, 0.2) is 0 Å². The zero-order valence-electron chi connectivity index (χ0n) is 12.4. The van der Waals surface area contributed by atoms with Gasteiger partial charge in [-0.25, -0.2) is 9.37 Å². The first kappa shape index (κ1) is 15.3. The smallest absolute Gasteiger partial charge is 0.213 e. The van der Waals surface area contributed by atoms with Crippen LogP contribution in [0.5, 0.6) is 11.6 Å². The van der Waals surface area contributed by atoms with Crippen LogP contribution in [0.15, 0.2) is 36.4 Å². The molecule has 5 heteroatoms. The Morgan fingerprint density at radius 3 is 2.71 bits per heavy atom. The van der Waals surface area contributed by atoms with Gasteiger partial charge >= 0.3 is 0 Å². The number of nitrogens with zero attached hydrogens (tertiary/aromatic N) is 1. The summed E-state index contributed by atoms with van der Waals surface area (Å²) in [5, 5.41) is 3.30. The molecule has 2 rings (SSSR count). The molecule has 1 N–H and O–H groups in total. The summed E-state index contributed by atoms with van der Waals surface area (Å²) in [4.78, 5) is 4.33. The molecule has 0 spiro atoms. The molecule has 0 aliphatic heterocycles. The van der Waals surface area contributed by atoms with Crippen molar-refractivity contribution in [3.05, 3.63) is 53.5 Å². The molecule has 0 saturated heterocycles. The summed E-state index contributed by atoms with van der Waals surface area (Å²) >= 11 is 0. The Kier molecular flexibility index (Phi) is 5.11. The monoisotopic (exact) mass is 290 g/mol. The maximum Gasteiger partial charge on any atom is 0.213 e. The van der Waals surface area contributed by atoms with Crippen molar-refractivity contribution in [2.45, 2.75) is 19.5 Å². The lowest BCUT2D eigenvalue weighted by Gasteiger charge is -2.17. The van der Waals surface area contributed by atoms with Gasteiger partial charge in [0, 0.05) is 24.2 Å². The van der Waals surface area contributed by atoms with Crippen molar-refractivity contribution in [3.63, 3.8) is 0 Å². The van der Waals surface area contributed by atoms with E-state index in [1.807, 2.05) is 19.1 Å². The largest absolute Gasteiger partial charge is 0.496 e. The van der Waals surface area contributed by atoms with Crippen LogP contribution in [-0.2, 0) is 6.54 Å². The summed E-state index contributed by atoms with van der Waals surface area (Å²) in [5.41, 5.74) is 1.64. The summed E-state index contributed by atoms with van der Waals surface area (Å²) in [5.74, 6) is 0.958. The molecule has 0 aliphatic carbocycles. The normalized spacial score (nSPS) is 12.0. The molecule has 0 radical (unpaired) electrons. The summed E-state index contributed by atoms with van der Waals surface area (Å²) in [7, 11) is 3.16. The highest BCUT2D eigenvalue weighted by Crippen LogP contribution is 2.26. The number of pyridine rings is 1. The highest BCUT2D eigenvalue weighted by molar-refractivity contribution is 5.36. The average Bonchev–Trinajstić information content (AvgIpc) is 2.52. The minimum Gasteiger partial charge on any atom is -0.496 e. The number of ether oxygens (including phenoxy) is 2. The molecule has 1 aromatic heterocycles. The summed E-state index contributed by atoms with van der Waals surface area (Å²) in [6.07, 6.45) is 0. The van der Waals surface area contributed by atoms with Crippen LogP contribution >= 0.6 is 0 Å². The maximum atomic E-state index is 13.4. The molecule has 4 nitrogen and oxygen atoms in total. The molecule has 1 atom stereocenters. The SMILES string of the molecule is COc1cccc(CNC(C)c2cc(F)ccc2OC)n1. The van der Waals surface area contributed by atoms with Crippen LogP contribution in [0.25, 0.3) is 0 Å². The van der Waals surface area contributed by atoms with Crippen molar-refractivity contribution in [1.82, 2.24) is 10.3 Å². The molecule has 0 saturated carbocycles. The molecule has 0 fully saturated rings. The second kappa shape index (κ2) is 7.04. The van der Waals surface area contributed by atoms with Gasteiger partial charge in [0.1, 0.15) is 11.6 Å². The Bertz CT molecular complexity index is 605. The topological polar surface area (TPSA) is 43.4 Å². The number of hydrogen-bond acceptors (Lipinski definition) is 4. The van der Waals surface area contributed by atoms with Crippen molar-refractivity contribution in [2.75, 3.05) is 14.2 Å². The Balaban J connectivity index is 2.07. The van der Waals surface area contributed by atoms with E-state index in [0.29, 0.717) is 18.2 Å². The lowest BCUT2D eigenvalue weighted by atomic mass is 10.1. The molecule has 1 unspecified atom stereocenters. The van der Waals surface area contributed by atoms with Crippen molar-refractivity contribution in [2.24, 2.45) is 0 Å². The fourth-order valence-electron chi connectivity index (χ4n) is 2.08. The Labute approximate surface area is 123 Å². The minimum absolute atomic E-state index is 0.0661. The third-order valence-corrected chi connectivity index (χ3v) is 3.24. The van der Waals surface area contributed by atoms with Gasteiger partial charge in [0.2, 0.25) is 5.88 Å². The Hall–Kier alpha value is -2.14. The first-order chi connectivity index (χ1) is 10.1. The zero-order valence-corrected chi connectivity index (χ0v) is 12.4.